The van der Waals surface area contributed by atoms with Gasteiger partial charge in [-0.2, -0.15) is 0 Å². The molecule has 0 unspecified atom stereocenters. The second-order valence-corrected chi connectivity index (χ2v) is 15.0. The standard InChI is InChI=1S/C36H57N3O11/c1-12-26-36(8)30(39(34(44)50-36)37-18-24-14-13-15-46-24)21(4)27(40)19(2)17-35(7,45-11)31(22(5)28(41)23(6)32(43)48-26)49-33-29(42)25(38(9)10)16-20(3)47-33/h13-15,19-23,25-26,29-31,33,37,42H,12,16-18H2,1-11H3/t19-,20-,21-,22+,23-,25+,26+,29-,30-,31-,33+,35-,36-/m1/s1. The Hall–Kier alpha value is -2.88. The number of esters is 1. The predicted octanol–water partition coefficient (Wildman–Crippen LogP) is 3.49. The highest BCUT2D eigenvalue weighted by molar-refractivity contribution is 6.00. The number of hydrogen-bond donors (Lipinski definition) is 2. The van der Waals surface area contributed by atoms with E-state index in [1.165, 1.54) is 25.3 Å². The van der Waals surface area contributed by atoms with E-state index in [2.05, 4.69) is 5.43 Å². The number of methoxy groups -OCH3 is 1. The highest BCUT2D eigenvalue weighted by atomic mass is 16.7. The van der Waals surface area contributed by atoms with E-state index in [1.807, 2.05) is 25.9 Å². The molecule has 3 fully saturated rings. The highest BCUT2D eigenvalue weighted by Crippen LogP contribution is 2.42. The van der Waals surface area contributed by atoms with Gasteiger partial charge in [0.1, 0.15) is 35.7 Å². The molecule has 13 atom stereocenters. The molecule has 1 amide bonds. The molecule has 2 N–H and O–H groups in total. The van der Waals surface area contributed by atoms with Gasteiger partial charge in [-0.1, -0.05) is 27.7 Å². The van der Waals surface area contributed by atoms with Crippen LogP contribution in [0.2, 0.25) is 0 Å². The molecule has 282 valence electrons. The van der Waals surface area contributed by atoms with Crippen molar-refractivity contribution in [1.82, 2.24) is 15.3 Å². The fourth-order valence-corrected chi connectivity index (χ4v) is 8.11. The lowest BCUT2D eigenvalue weighted by atomic mass is 9.73. The number of likely N-dealkylation sites (N-methyl/N-ethyl adjacent to an activating group) is 1. The van der Waals surface area contributed by atoms with Gasteiger partial charge in [0.25, 0.3) is 0 Å². The zero-order valence-electron chi connectivity index (χ0n) is 31.3. The number of hydrogen-bond acceptors (Lipinski definition) is 13. The molecule has 50 heavy (non-hydrogen) atoms. The van der Waals surface area contributed by atoms with Crippen molar-refractivity contribution in [3.8, 4) is 0 Å². The first-order valence-electron chi connectivity index (χ1n) is 17.7. The minimum absolute atomic E-state index is 0.110. The summed E-state index contributed by atoms with van der Waals surface area (Å²) in [5.41, 5.74) is 0.330. The van der Waals surface area contributed by atoms with Gasteiger partial charge in [-0.15, -0.1) is 0 Å². The summed E-state index contributed by atoms with van der Waals surface area (Å²) in [6, 6.07) is 2.27. The van der Waals surface area contributed by atoms with Crippen molar-refractivity contribution >= 4 is 23.6 Å². The number of carbonyl (C=O) groups is 4. The topological polar surface area (TPSA) is 166 Å². The third-order valence-electron chi connectivity index (χ3n) is 11.1. The Bertz CT molecular complexity index is 1360. The van der Waals surface area contributed by atoms with Gasteiger partial charge in [0.2, 0.25) is 0 Å². The summed E-state index contributed by atoms with van der Waals surface area (Å²) in [6.45, 7) is 13.8. The molecule has 0 aliphatic carbocycles. The number of aliphatic hydroxyl groups is 1. The number of nitrogens with zero attached hydrogens (tertiary/aromatic N) is 2. The fourth-order valence-electron chi connectivity index (χ4n) is 8.11. The van der Waals surface area contributed by atoms with Gasteiger partial charge in [-0.05, 0) is 73.2 Å². The van der Waals surface area contributed by atoms with E-state index in [9.17, 15) is 24.3 Å². The summed E-state index contributed by atoms with van der Waals surface area (Å²) >= 11 is 0. The smallest absolute Gasteiger partial charge is 0.425 e. The Morgan fingerprint density at radius 2 is 1.74 bits per heavy atom. The van der Waals surface area contributed by atoms with Crippen LogP contribution < -0.4 is 5.43 Å². The van der Waals surface area contributed by atoms with Crippen LogP contribution >= 0.6 is 0 Å². The third kappa shape index (κ3) is 7.80. The highest BCUT2D eigenvalue weighted by Gasteiger charge is 2.61. The maximum atomic E-state index is 14.5. The van der Waals surface area contributed by atoms with Crippen LogP contribution in [0.4, 0.5) is 4.79 Å². The molecule has 3 aliphatic rings. The number of carbonyl (C=O) groups excluding carboxylic acids is 4. The van der Waals surface area contributed by atoms with Gasteiger partial charge in [-0.25, -0.2) is 15.2 Å². The molecule has 4 rings (SSSR count). The van der Waals surface area contributed by atoms with Gasteiger partial charge in [-0.3, -0.25) is 14.4 Å². The van der Waals surface area contributed by atoms with Crippen LogP contribution in [0.15, 0.2) is 22.8 Å². The lowest BCUT2D eigenvalue weighted by molar-refractivity contribution is -0.295. The molecule has 14 nitrogen and oxygen atoms in total. The molecule has 3 aliphatic heterocycles. The molecule has 1 aromatic heterocycles. The van der Waals surface area contributed by atoms with Crippen LogP contribution in [0.1, 0.15) is 80.4 Å². The monoisotopic (exact) mass is 707 g/mol. The first-order chi connectivity index (χ1) is 23.4. The van der Waals surface area contributed by atoms with E-state index in [0.29, 0.717) is 12.2 Å². The van der Waals surface area contributed by atoms with Crippen LogP contribution in [-0.4, -0.2) is 114 Å². The first-order valence-corrected chi connectivity index (χ1v) is 17.7. The summed E-state index contributed by atoms with van der Waals surface area (Å²) in [7, 11) is 5.21. The first kappa shape index (κ1) is 39.9. The van der Waals surface area contributed by atoms with Gasteiger partial charge < -0.3 is 38.1 Å². The minimum atomic E-state index is -1.46. The summed E-state index contributed by atoms with van der Waals surface area (Å²) in [6.07, 6.45) is -2.78. The van der Waals surface area contributed by atoms with E-state index in [1.54, 1.807) is 53.7 Å². The average molecular weight is 708 g/mol. The van der Waals surface area contributed by atoms with E-state index in [-0.39, 0.29) is 37.3 Å². The normalized spacial score (nSPS) is 40.7. The van der Waals surface area contributed by atoms with Crippen LogP contribution in [-0.2, 0) is 44.6 Å². The quantitative estimate of drug-likeness (QED) is 0.298. The molecule has 0 bridgehead atoms. The molecular weight excluding hydrogens is 650 g/mol. The Morgan fingerprint density at radius 1 is 1.06 bits per heavy atom. The van der Waals surface area contributed by atoms with Gasteiger partial charge in [0.05, 0.1) is 30.6 Å². The molecule has 0 aromatic carbocycles. The Labute approximate surface area is 295 Å². The summed E-state index contributed by atoms with van der Waals surface area (Å²) in [4.78, 5) is 57.9. The second-order valence-electron chi connectivity index (χ2n) is 15.0. The van der Waals surface area contributed by atoms with Crippen molar-refractivity contribution in [2.45, 2.75) is 135 Å². The average Bonchev–Trinajstić information content (AvgIpc) is 3.68. The van der Waals surface area contributed by atoms with Crippen molar-refractivity contribution in [1.29, 1.82) is 0 Å². The van der Waals surface area contributed by atoms with Crippen molar-refractivity contribution in [2.24, 2.45) is 23.7 Å². The maximum absolute atomic E-state index is 14.5. The predicted molar refractivity (Wildman–Crippen MR) is 180 cm³/mol. The molecule has 3 saturated heterocycles. The molecular formula is C36H57N3O11. The summed E-state index contributed by atoms with van der Waals surface area (Å²) in [5.74, 6) is -4.59. The number of ketones is 2. The van der Waals surface area contributed by atoms with Gasteiger partial charge >= 0.3 is 12.1 Å². The number of furan rings is 1. The van der Waals surface area contributed by atoms with Gasteiger partial charge in [0, 0.05) is 30.9 Å². The van der Waals surface area contributed by atoms with E-state index < -0.39 is 83.4 Å². The SMILES string of the molecule is CC[C@@H]1OC(=O)[C@H](C)C(=O)[C@H](C)[C@@H](O[C@@H]2O[C@H](C)C[C@H](N(C)C)[C@H]2O)[C@](C)(OC)C[C@@H](C)C(=O)[C@@H](C)[C@H]2N(NCc3ccco3)C(=O)O[C@]12C. The molecule has 14 heteroatoms. The van der Waals surface area contributed by atoms with E-state index in [0.717, 1.165) is 0 Å². The zero-order valence-corrected chi connectivity index (χ0v) is 31.3. The second kappa shape index (κ2) is 15.8. The number of nitrogens with one attached hydrogen (secondary N) is 1. The van der Waals surface area contributed by atoms with Crippen LogP contribution in [0, 0.1) is 23.7 Å². The Balaban J connectivity index is 1.77. The lowest BCUT2D eigenvalue weighted by Crippen LogP contribution is -2.61. The van der Waals surface area contributed by atoms with E-state index >= 15 is 0 Å². The third-order valence-corrected chi connectivity index (χ3v) is 11.1. The molecule has 4 heterocycles. The number of aliphatic hydroxyl groups excluding tert-OH is 1. The fraction of sp³-hybridized carbons (Fsp3) is 0.778. The molecule has 1 aromatic rings. The van der Waals surface area contributed by atoms with Crippen molar-refractivity contribution in [2.75, 3.05) is 21.2 Å². The number of cyclic esters (lactones) is 1. The maximum Gasteiger partial charge on any atom is 0.425 e. The summed E-state index contributed by atoms with van der Waals surface area (Å²) < 4.78 is 36.2. The largest absolute Gasteiger partial charge is 0.468 e. The molecule has 0 spiro atoms. The number of amides is 1. The summed E-state index contributed by atoms with van der Waals surface area (Å²) in [5, 5.41) is 12.6. The minimum Gasteiger partial charge on any atom is -0.468 e. The number of ether oxygens (including phenoxy) is 5. The Kier molecular flexibility index (Phi) is 12.6. The van der Waals surface area contributed by atoms with E-state index in [4.69, 9.17) is 28.1 Å². The van der Waals surface area contributed by atoms with Crippen molar-refractivity contribution in [3.05, 3.63) is 24.2 Å². The van der Waals surface area contributed by atoms with Crippen LogP contribution in [0.3, 0.4) is 0 Å². The zero-order chi connectivity index (χ0) is 37.3. The number of Topliss-reactive ketones (excluding diaryl/α,β-unsaturated/α-hetero) is 2. The van der Waals surface area contributed by atoms with Crippen LogP contribution in [0.25, 0.3) is 0 Å². The van der Waals surface area contributed by atoms with Crippen molar-refractivity contribution < 1.29 is 52.4 Å². The molecule has 0 saturated carbocycles. The Morgan fingerprint density at radius 3 is 2.32 bits per heavy atom. The van der Waals surface area contributed by atoms with Gasteiger partial charge in [0.15, 0.2) is 17.7 Å². The van der Waals surface area contributed by atoms with Crippen molar-refractivity contribution in [3.63, 3.8) is 0 Å². The number of fused-ring (bicyclic) bond motifs is 1. The number of hydrazine groups is 1. The number of rotatable bonds is 8. The molecule has 0 radical (unpaired) electrons. The van der Waals surface area contributed by atoms with Crippen LogP contribution in [0.5, 0.6) is 0 Å². The lowest BCUT2D eigenvalue weighted by Gasteiger charge is -2.47.